The van der Waals surface area contributed by atoms with Gasteiger partial charge in [0.2, 0.25) is 47.3 Å². The average Bonchev–Trinajstić information content (AvgIpc) is 1.55. The Labute approximate surface area is 614 Å². The van der Waals surface area contributed by atoms with E-state index < -0.39 is 228 Å². The number of amides is 10. The quantitative estimate of drug-likeness (QED) is 0.104. The molecule has 8 heterocycles. The fourth-order valence-corrected chi connectivity index (χ4v) is 15.5. The standard InChI is InChI=1S/C72H104N14O20/c1-29(2)19-45-57(91)81-53(35(13)87)63(97)83-49(61(95)79-51(31(5)6)67(101)105-55(33(9)10)65(99)85-47(59(93)75-45)23-39(89)27-73-85)25-71(103)41-21-37(15-17-43(41)77-69(71)83)38-16-18-44-42(22-38)72(104)26-50-62(96)80-52(32(7)8)68(102)106-56(34(11)12)66(100)86-48(24-40(90)28-74-86)60(94)76-46(20-30(3)4)58(92)82-54(36(14)88)64(98)84(50)70(72)78-44/h15-18,21-22,29-36,39-40,45-56,69-70,73-74,77-78,87-90,103-104H,19-20,23-28H2,1-14H3,(H,75,93)(H,76,94)(H,79,95)(H,80,96)(H,81,91)(H,82,92)/t35-,36-,39+,40+,45-,46-,47+,48+,49-,50-,51+,52+,53+,54+,55-,56-,69-,70-,71+,72+/m0/s1. The molecule has 6 fully saturated rings. The number of hydrazine groups is 2. The number of β-amino-alcohol motifs (C(OH)–C–C–N with tert-alkyl or cyclic N) is 2. The molecular weight excluding hydrogens is 1380 g/mol. The minimum atomic E-state index is -2.21. The van der Waals surface area contributed by atoms with Gasteiger partial charge in [-0.15, -0.1) is 0 Å². The van der Waals surface area contributed by atoms with Gasteiger partial charge in [0.25, 0.3) is 11.8 Å². The van der Waals surface area contributed by atoms with Crippen molar-refractivity contribution < 1.29 is 97.6 Å². The first kappa shape index (κ1) is 79.9. The van der Waals surface area contributed by atoms with E-state index in [0.29, 0.717) is 11.1 Å². The van der Waals surface area contributed by atoms with E-state index in [9.17, 15) is 69.0 Å². The summed E-state index contributed by atoms with van der Waals surface area (Å²) in [6.07, 6.45) is -13.7. The number of cyclic esters (lactones) is 2. The predicted octanol–water partition coefficient (Wildman–Crippen LogP) is -2.40. The van der Waals surface area contributed by atoms with Gasteiger partial charge >= 0.3 is 11.9 Å². The van der Waals surface area contributed by atoms with Gasteiger partial charge < -0.3 is 92.4 Å². The molecule has 0 saturated carbocycles. The predicted molar refractivity (Wildman–Crippen MR) is 376 cm³/mol. The third-order valence-corrected chi connectivity index (χ3v) is 21.2. The van der Waals surface area contributed by atoms with Crippen molar-refractivity contribution in [1.82, 2.24) is 62.6 Å². The van der Waals surface area contributed by atoms with Crippen molar-refractivity contribution in [2.75, 3.05) is 23.7 Å². The van der Waals surface area contributed by atoms with E-state index in [1.807, 2.05) is 0 Å². The van der Waals surface area contributed by atoms with E-state index in [2.05, 4.69) is 53.4 Å². The van der Waals surface area contributed by atoms with Gasteiger partial charge in [0.05, 0.1) is 24.4 Å². The molecule has 8 aliphatic heterocycles. The summed E-state index contributed by atoms with van der Waals surface area (Å²) in [5, 5.41) is 95.6. The molecule has 2 aromatic rings. The highest BCUT2D eigenvalue weighted by Crippen LogP contribution is 2.53. The number of carbonyl (C=O) groups is 12. The van der Waals surface area contributed by atoms with E-state index in [1.165, 1.54) is 13.8 Å². The third kappa shape index (κ3) is 15.6. The number of aliphatic hydroxyl groups is 6. The summed E-state index contributed by atoms with van der Waals surface area (Å²) in [4.78, 5) is 180. The Morgan fingerprint density at radius 3 is 1.07 bits per heavy atom. The van der Waals surface area contributed by atoms with E-state index >= 15 is 19.2 Å². The number of benzene rings is 2. The highest BCUT2D eigenvalue weighted by molar-refractivity contribution is 6.01. The molecule has 582 valence electrons. The second-order valence-electron chi connectivity index (χ2n) is 31.8. The van der Waals surface area contributed by atoms with E-state index in [1.54, 1.807) is 119 Å². The summed E-state index contributed by atoms with van der Waals surface area (Å²) >= 11 is 0. The zero-order chi connectivity index (χ0) is 77.9. The fourth-order valence-electron chi connectivity index (χ4n) is 15.5. The van der Waals surface area contributed by atoms with Crippen molar-refractivity contribution in [2.24, 2.45) is 35.5 Å². The molecule has 16 N–H and O–H groups in total. The zero-order valence-corrected chi connectivity index (χ0v) is 62.2. The van der Waals surface area contributed by atoms with Crippen LogP contribution in [0.4, 0.5) is 11.4 Å². The number of fused-ring (bicyclic) bond motifs is 12. The largest absolute Gasteiger partial charge is 0.450 e. The summed E-state index contributed by atoms with van der Waals surface area (Å²) in [5.74, 6) is -15.1. The van der Waals surface area contributed by atoms with Crippen molar-refractivity contribution in [3.05, 3.63) is 47.5 Å². The molecule has 8 aliphatic rings. The highest BCUT2D eigenvalue weighted by Gasteiger charge is 2.64. The lowest BCUT2D eigenvalue weighted by Crippen LogP contribution is -2.67. The Hall–Kier alpha value is -8.64. The molecule has 34 heteroatoms. The van der Waals surface area contributed by atoms with Crippen molar-refractivity contribution in [2.45, 2.75) is 256 Å². The van der Waals surface area contributed by atoms with Crippen LogP contribution in [0.25, 0.3) is 11.1 Å². The number of esters is 2. The first-order chi connectivity index (χ1) is 49.7. The molecule has 20 atom stereocenters. The number of nitrogens with one attached hydrogen (secondary N) is 10. The van der Waals surface area contributed by atoms with Gasteiger partial charge in [0, 0.05) is 61.3 Å². The summed E-state index contributed by atoms with van der Waals surface area (Å²) < 4.78 is 11.9. The van der Waals surface area contributed by atoms with Crippen LogP contribution in [0.3, 0.4) is 0 Å². The van der Waals surface area contributed by atoms with Crippen molar-refractivity contribution in [3.8, 4) is 11.1 Å². The molecule has 0 aromatic heterocycles. The molecule has 10 amide bonds. The first-order valence-electron chi connectivity index (χ1n) is 36.7. The molecule has 2 aromatic carbocycles. The maximum Gasteiger partial charge on any atom is 0.329 e. The molecule has 0 spiro atoms. The molecule has 106 heavy (non-hydrogen) atoms. The van der Waals surface area contributed by atoms with Gasteiger partial charge in [-0.1, -0.05) is 95.2 Å². The Balaban J connectivity index is 1.01. The van der Waals surface area contributed by atoms with Crippen LogP contribution in [0.15, 0.2) is 36.4 Å². The molecule has 0 aliphatic carbocycles. The van der Waals surface area contributed by atoms with Crippen LogP contribution in [0.1, 0.15) is 147 Å². The monoisotopic (exact) mass is 1480 g/mol. The van der Waals surface area contributed by atoms with Crippen molar-refractivity contribution >= 4 is 82.4 Å². The molecule has 6 saturated heterocycles. The lowest BCUT2D eigenvalue weighted by atomic mass is 9.86. The van der Waals surface area contributed by atoms with E-state index in [-0.39, 0.29) is 73.1 Å². The molecule has 10 rings (SSSR count). The molecule has 0 unspecified atom stereocenters. The lowest BCUT2D eigenvalue weighted by molar-refractivity contribution is -0.172. The molecule has 0 bridgehead atoms. The summed E-state index contributed by atoms with van der Waals surface area (Å²) in [6, 6.07) is -6.29. The second kappa shape index (κ2) is 31.3. The van der Waals surface area contributed by atoms with Crippen molar-refractivity contribution in [3.63, 3.8) is 0 Å². The highest BCUT2D eigenvalue weighted by atomic mass is 16.6. The lowest BCUT2D eigenvalue weighted by Gasteiger charge is -2.40. The van der Waals surface area contributed by atoms with Crippen LogP contribution < -0.4 is 53.4 Å². The van der Waals surface area contributed by atoms with Gasteiger partial charge in [-0.2, -0.15) is 0 Å². The number of hydrogen-bond donors (Lipinski definition) is 16. The average molecular weight is 1490 g/mol. The fraction of sp³-hybridized carbons (Fsp3) is 0.667. The van der Waals surface area contributed by atoms with Crippen LogP contribution in [0.5, 0.6) is 0 Å². The van der Waals surface area contributed by atoms with Crippen LogP contribution in [-0.2, 0) is 78.2 Å². The number of nitrogens with zero attached hydrogens (tertiary/aromatic N) is 4. The SMILES string of the molecule is CC(C)C[C@@H]1NC(=O)[C@H]2C[C@@H](O)CNN2C(=O)[C@H](C(C)C)OC(=O)[C@@H](C(C)C)NC(=O)[C@@H]2C[C@@]3(O)c4cc(-c5ccc6c(c5)[C@]5(O)C[C@H]7C(=O)N[C@H](C(C)C)C(=O)O[C@@H](C(C)C)C(=O)N8NC[C@H](O)C[C@@H]8C(=O)N[C@@H](CC(C)C)C(=O)N[C@H]([C@H](C)O)C(=O)N7[C@@H]5N6)ccc4N[C@H]3N2C(=O)[C@@H]([C@H](C)O)NC1=O. The van der Waals surface area contributed by atoms with Gasteiger partial charge in [0.15, 0.2) is 12.2 Å². The molecule has 0 radical (unpaired) electrons. The topological polar surface area (TPSA) is 478 Å². The Kier molecular flexibility index (Phi) is 23.6. The number of ether oxygens (including phenoxy) is 2. The zero-order valence-electron chi connectivity index (χ0n) is 62.2. The normalized spacial score (nSPS) is 33.7. The van der Waals surface area contributed by atoms with E-state index in [0.717, 1.165) is 19.8 Å². The number of aliphatic hydroxyl groups excluding tert-OH is 4. The summed E-state index contributed by atoms with van der Waals surface area (Å²) in [5.41, 5.74) is 2.62. The Morgan fingerprint density at radius 2 is 0.755 bits per heavy atom. The number of hydrogen-bond acceptors (Lipinski definition) is 24. The second-order valence-corrected chi connectivity index (χ2v) is 31.8. The van der Waals surface area contributed by atoms with Crippen LogP contribution in [0, 0.1) is 35.5 Å². The maximum absolute atomic E-state index is 15.5. The minimum Gasteiger partial charge on any atom is -0.450 e. The smallest absolute Gasteiger partial charge is 0.329 e. The van der Waals surface area contributed by atoms with E-state index in [4.69, 9.17) is 9.47 Å². The van der Waals surface area contributed by atoms with Crippen LogP contribution >= 0.6 is 0 Å². The maximum atomic E-state index is 15.5. The van der Waals surface area contributed by atoms with Crippen molar-refractivity contribution in [1.29, 1.82) is 0 Å². The Morgan fingerprint density at radius 1 is 0.425 bits per heavy atom. The van der Waals surface area contributed by atoms with Gasteiger partial charge in [-0.05, 0) is 97.6 Å². The minimum absolute atomic E-state index is 0.0334. The number of carbonyl (C=O) groups excluding carboxylic acids is 12. The van der Waals surface area contributed by atoms with Gasteiger partial charge in [-0.25, -0.2) is 20.4 Å². The van der Waals surface area contributed by atoms with Crippen LogP contribution in [0.2, 0.25) is 0 Å². The molecular formula is C72H104N14O20. The first-order valence-corrected chi connectivity index (χ1v) is 36.7. The van der Waals surface area contributed by atoms with Crippen LogP contribution in [-0.4, -0.2) is 244 Å². The summed E-state index contributed by atoms with van der Waals surface area (Å²) in [6.45, 7) is 21.9. The third-order valence-electron chi connectivity index (χ3n) is 21.2. The number of rotatable bonds is 11. The Bertz CT molecular complexity index is 3540. The summed E-state index contributed by atoms with van der Waals surface area (Å²) in [7, 11) is 0. The number of anilines is 2. The van der Waals surface area contributed by atoms with Gasteiger partial charge in [-0.3, -0.25) is 58.0 Å². The van der Waals surface area contributed by atoms with Gasteiger partial charge in [0.1, 0.15) is 84.0 Å². The molecule has 34 nitrogen and oxygen atoms in total.